The number of unbranched alkanes of at least 4 members (excludes halogenated alkanes) is 1. The number of hydrogen-bond donors (Lipinski definition) is 1. The first-order chi connectivity index (χ1) is 7.70. The summed E-state index contributed by atoms with van der Waals surface area (Å²) in [6.07, 6.45) is 7.72. The molecule has 1 N–H and O–H groups in total. The Kier molecular flexibility index (Phi) is 5.47. The lowest BCUT2D eigenvalue weighted by Crippen LogP contribution is -2.13. The van der Waals surface area contributed by atoms with E-state index in [0.29, 0.717) is 5.92 Å². The zero-order chi connectivity index (χ0) is 12.0. The number of aliphatic hydroxyl groups is 1. The Labute approximate surface area is 98.7 Å². The van der Waals surface area contributed by atoms with Crippen molar-refractivity contribution in [1.82, 2.24) is 4.98 Å². The Balaban J connectivity index is 2.74. The number of aromatic nitrogens is 1. The molecule has 0 amide bonds. The van der Waals surface area contributed by atoms with E-state index in [2.05, 4.69) is 18.8 Å². The van der Waals surface area contributed by atoms with Crippen molar-refractivity contribution in [3.63, 3.8) is 0 Å². The second kappa shape index (κ2) is 6.64. The van der Waals surface area contributed by atoms with E-state index < -0.39 is 0 Å². The lowest BCUT2D eigenvalue weighted by Gasteiger charge is -2.22. The third kappa shape index (κ3) is 3.31. The predicted molar refractivity (Wildman–Crippen MR) is 67.2 cm³/mol. The zero-order valence-electron chi connectivity index (χ0n) is 10.6. The largest absolute Gasteiger partial charge is 0.388 e. The first-order valence-electron chi connectivity index (χ1n) is 6.29. The molecule has 0 fully saturated rings. The second-order valence-corrected chi connectivity index (χ2v) is 4.49. The highest BCUT2D eigenvalue weighted by atomic mass is 16.3. The van der Waals surface area contributed by atoms with Crippen molar-refractivity contribution in [3.05, 3.63) is 29.6 Å². The molecule has 2 unspecified atom stereocenters. The van der Waals surface area contributed by atoms with Crippen LogP contribution >= 0.6 is 0 Å². The molecule has 1 aromatic rings. The summed E-state index contributed by atoms with van der Waals surface area (Å²) < 4.78 is 0. The molecule has 2 heteroatoms. The molecule has 0 saturated heterocycles. The normalized spacial score (nSPS) is 14.8. The van der Waals surface area contributed by atoms with Crippen LogP contribution in [0.25, 0.3) is 0 Å². The molecule has 90 valence electrons. The summed E-state index contributed by atoms with van der Waals surface area (Å²) in [5, 5.41) is 10.3. The molecule has 0 saturated carbocycles. The van der Waals surface area contributed by atoms with Gasteiger partial charge >= 0.3 is 0 Å². The van der Waals surface area contributed by atoms with Gasteiger partial charge in [0.05, 0.1) is 6.10 Å². The molecule has 2 nitrogen and oxygen atoms in total. The Morgan fingerprint density at radius 1 is 1.38 bits per heavy atom. The molecule has 0 aliphatic carbocycles. The average molecular weight is 221 g/mol. The zero-order valence-corrected chi connectivity index (χ0v) is 10.6. The molecule has 1 aromatic heterocycles. The lowest BCUT2D eigenvalue weighted by atomic mass is 9.88. The maximum atomic E-state index is 10.3. The minimum atomic E-state index is -0.356. The van der Waals surface area contributed by atoms with Crippen LogP contribution in [0, 0.1) is 12.8 Å². The number of pyridine rings is 1. The molecule has 1 heterocycles. The fourth-order valence-electron chi connectivity index (χ4n) is 2.09. The van der Waals surface area contributed by atoms with Gasteiger partial charge in [-0.3, -0.25) is 4.98 Å². The highest BCUT2D eigenvalue weighted by molar-refractivity contribution is 5.24. The highest BCUT2D eigenvalue weighted by Crippen LogP contribution is 2.29. The second-order valence-electron chi connectivity index (χ2n) is 4.49. The van der Waals surface area contributed by atoms with Crippen LogP contribution in [-0.2, 0) is 0 Å². The van der Waals surface area contributed by atoms with E-state index in [9.17, 15) is 5.11 Å². The summed E-state index contributed by atoms with van der Waals surface area (Å²) in [7, 11) is 0. The van der Waals surface area contributed by atoms with E-state index in [0.717, 1.165) is 24.0 Å². The number of hydrogen-bond acceptors (Lipinski definition) is 2. The van der Waals surface area contributed by atoms with Gasteiger partial charge in [-0.05, 0) is 30.9 Å². The minimum absolute atomic E-state index is 0.356. The van der Waals surface area contributed by atoms with Gasteiger partial charge in [0.15, 0.2) is 0 Å². The molecule has 2 atom stereocenters. The van der Waals surface area contributed by atoms with E-state index in [1.807, 2.05) is 13.0 Å². The van der Waals surface area contributed by atoms with Gasteiger partial charge in [-0.1, -0.05) is 33.1 Å². The molecule has 0 aromatic carbocycles. The summed E-state index contributed by atoms with van der Waals surface area (Å²) in [5.74, 6) is 0.364. The first-order valence-corrected chi connectivity index (χ1v) is 6.29. The van der Waals surface area contributed by atoms with E-state index >= 15 is 0 Å². The Morgan fingerprint density at radius 3 is 2.69 bits per heavy atom. The maximum absolute atomic E-state index is 10.3. The van der Waals surface area contributed by atoms with Crippen LogP contribution in [0.4, 0.5) is 0 Å². The highest BCUT2D eigenvalue weighted by Gasteiger charge is 2.20. The van der Waals surface area contributed by atoms with Gasteiger partial charge in [0.1, 0.15) is 0 Å². The van der Waals surface area contributed by atoms with Crippen LogP contribution in [0.1, 0.15) is 56.8 Å². The van der Waals surface area contributed by atoms with Crippen molar-refractivity contribution < 1.29 is 5.11 Å². The summed E-state index contributed by atoms with van der Waals surface area (Å²) >= 11 is 0. The maximum Gasteiger partial charge on any atom is 0.0835 e. The van der Waals surface area contributed by atoms with E-state index in [4.69, 9.17) is 0 Å². The van der Waals surface area contributed by atoms with Gasteiger partial charge in [-0.2, -0.15) is 0 Å². The van der Waals surface area contributed by atoms with Gasteiger partial charge < -0.3 is 5.11 Å². The van der Waals surface area contributed by atoms with Crippen LogP contribution in [0.15, 0.2) is 18.5 Å². The van der Waals surface area contributed by atoms with Crippen LogP contribution in [0.2, 0.25) is 0 Å². The fraction of sp³-hybridized carbons (Fsp3) is 0.643. The molecular weight excluding hydrogens is 198 g/mol. The van der Waals surface area contributed by atoms with Crippen molar-refractivity contribution in [3.8, 4) is 0 Å². The Morgan fingerprint density at radius 2 is 2.12 bits per heavy atom. The summed E-state index contributed by atoms with van der Waals surface area (Å²) in [6.45, 7) is 6.37. The SMILES string of the molecule is CCCCC(CC)C(O)c1cnccc1C. The summed E-state index contributed by atoms with van der Waals surface area (Å²) in [6, 6.07) is 1.96. The topological polar surface area (TPSA) is 33.1 Å². The monoisotopic (exact) mass is 221 g/mol. The van der Waals surface area contributed by atoms with Crippen molar-refractivity contribution >= 4 is 0 Å². The molecular formula is C14H23NO. The van der Waals surface area contributed by atoms with Crippen LogP contribution in [0.3, 0.4) is 0 Å². The van der Waals surface area contributed by atoms with Crippen molar-refractivity contribution in [2.45, 2.75) is 52.6 Å². The third-order valence-corrected chi connectivity index (χ3v) is 3.30. The van der Waals surface area contributed by atoms with Crippen LogP contribution in [0.5, 0.6) is 0 Å². The average Bonchev–Trinajstić information content (AvgIpc) is 2.30. The smallest absolute Gasteiger partial charge is 0.0835 e. The number of nitrogens with zero attached hydrogens (tertiary/aromatic N) is 1. The Hall–Kier alpha value is -0.890. The van der Waals surface area contributed by atoms with Gasteiger partial charge in [-0.25, -0.2) is 0 Å². The standard InChI is InChI=1S/C14H23NO/c1-4-6-7-12(5-2)14(16)13-10-15-9-8-11(13)3/h8-10,12,14,16H,4-7H2,1-3H3. The fourth-order valence-corrected chi connectivity index (χ4v) is 2.09. The molecule has 0 bridgehead atoms. The van der Waals surface area contributed by atoms with Gasteiger partial charge in [0.25, 0.3) is 0 Å². The van der Waals surface area contributed by atoms with Crippen LogP contribution in [-0.4, -0.2) is 10.1 Å². The molecule has 0 radical (unpaired) electrons. The molecule has 16 heavy (non-hydrogen) atoms. The number of rotatable bonds is 6. The van der Waals surface area contributed by atoms with Gasteiger partial charge in [-0.15, -0.1) is 0 Å². The van der Waals surface area contributed by atoms with E-state index in [-0.39, 0.29) is 6.10 Å². The summed E-state index contributed by atoms with van der Waals surface area (Å²) in [5.41, 5.74) is 2.13. The minimum Gasteiger partial charge on any atom is -0.388 e. The predicted octanol–water partition coefficient (Wildman–Crippen LogP) is 3.64. The van der Waals surface area contributed by atoms with Gasteiger partial charge in [0, 0.05) is 18.0 Å². The third-order valence-electron chi connectivity index (χ3n) is 3.30. The number of aryl methyl sites for hydroxylation is 1. The lowest BCUT2D eigenvalue weighted by molar-refractivity contribution is 0.0980. The van der Waals surface area contributed by atoms with E-state index in [1.54, 1.807) is 12.4 Å². The number of aliphatic hydroxyl groups excluding tert-OH is 1. The molecule has 0 aliphatic rings. The Bertz CT molecular complexity index is 311. The van der Waals surface area contributed by atoms with E-state index in [1.165, 1.54) is 12.8 Å². The first kappa shape index (κ1) is 13.2. The van der Waals surface area contributed by atoms with Crippen molar-refractivity contribution in [2.24, 2.45) is 5.92 Å². The molecule has 1 rings (SSSR count). The molecule has 0 spiro atoms. The van der Waals surface area contributed by atoms with Gasteiger partial charge in [0.2, 0.25) is 0 Å². The quantitative estimate of drug-likeness (QED) is 0.795. The molecule has 0 aliphatic heterocycles. The van der Waals surface area contributed by atoms with Crippen LogP contribution < -0.4 is 0 Å². The van der Waals surface area contributed by atoms with Crippen molar-refractivity contribution in [2.75, 3.05) is 0 Å². The summed E-state index contributed by atoms with van der Waals surface area (Å²) in [4.78, 5) is 4.10. The van der Waals surface area contributed by atoms with Crippen molar-refractivity contribution in [1.29, 1.82) is 0 Å².